The second-order valence-electron chi connectivity index (χ2n) is 4.55. The number of hydrogen-bond acceptors (Lipinski definition) is 4. The van der Waals surface area contributed by atoms with Crippen molar-refractivity contribution in [2.45, 2.75) is 25.8 Å². The van der Waals surface area contributed by atoms with Crippen LogP contribution in [0, 0.1) is 24.2 Å². The molecule has 1 aliphatic rings. The number of aryl methyl sites for hydroxylation is 2. The van der Waals surface area contributed by atoms with Crippen molar-refractivity contribution >= 4 is 0 Å². The van der Waals surface area contributed by atoms with Crippen LogP contribution >= 0.6 is 0 Å². The van der Waals surface area contributed by atoms with Gasteiger partial charge in [-0.15, -0.1) is 0 Å². The van der Waals surface area contributed by atoms with Crippen LogP contribution in [0.4, 0.5) is 0 Å². The molecule has 1 aromatic rings. The van der Waals surface area contributed by atoms with Gasteiger partial charge in [0, 0.05) is 7.05 Å². The van der Waals surface area contributed by atoms with Crippen molar-refractivity contribution in [1.82, 2.24) is 15.1 Å². The van der Waals surface area contributed by atoms with Gasteiger partial charge in [-0.05, 0) is 32.2 Å². The van der Waals surface area contributed by atoms with Crippen LogP contribution in [-0.2, 0) is 7.05 Å². The van der Waals surface area contributed by atoms with Gasteiger partial charge in [0.1, 0.15) is 6.04 Å². The summed E-state index contributed by atoms with van der Waals surface area (Å²) in [4.78, 5) is 0. The molecule has 1 atom stereocenters. The van der Waals surface area contributed by atoms with Gasteiger partial charge in [-0.1, -0.05) is 0 Å². The average molecular weight is 234 g/mol. The third-order valence-electron chi connectivity index (χ3n) is 3.13. The molecular formula is C12H18N4O. The molecule has 1 fully saturated rings. The Kier molecular flexibility index (Phi) is 3.34. The van der Waals surface area contributed by atoms with Gasteiger partial charge in [0.2, 0.25) is 5.88 Å². The van der Waals surface area contributed by atoms with Gasteiger partial charge >= 0.3 is 0 Å². The monoisotopic (exact) mass is 234 g/mol. The Morgan fingerprint density at radius 2 is 2.35 bits per heavy atom. The summed E-state index contributed by atoms with van der Waals surface area (Å²) < 4.78 is 6.99. The molecule has 1 N–H and O–H groups in total. The van der Waals surface area contributed by atoms with Crippen LogP contribution < -0.4 is 10.1 Å². The van der Waals surface area contributed by atoms with Gasteiger partial charge in [0.25, 0.3) is 0 Å². The highest BCUT2D eigenvalue weighted by molar-refractivity contribution is 5.37. The maximum Gasteiger partial charge on any atom is 0.217 e. The highest BCUT2D eigenvalue weighted by atomic mass is 16.5. The van der Waals surface area contributed by atoms with Crippen LogP contribution in [0.1, 0.15) is 30.1 Å². The van der Waals surface area contributed by atoms with Gasteiger partial charge in [0.05, 0.1) is 24.4 Å². The quantitative estimate of drug-likeness (QED) is 0.834. The zero-order valence-electron chi connectivity index (χ0n) is 10.5. The third kappa shape index (κ3) is 2.42. The minimum Gasteiger partial charge on any atom is -0.481 e. The van der Waals surface area contributed by atoms with E-state index in [1.54, 1.807) is 11.8 Å². The van der Waals surface area contributed by atoms with E-state index in [9.17, 15) is 5.26 Å². The number of hydrogen-bond donors (Lipinski definition) is 1. The van der Waals surface area contributed by atoms with Crippen molar-refractivity contribution in [3.8, 4) is 11.9 Å². The number of ether oxygens (including phenoxy) is 1. The van der Waals surface area contributed by atoms with Gasteiger partial charge in [-0.25, -0.2) is 4.68 Å². The molecule has 0 aliphatic heterocycles. The van der Waals surface area contributed by atoms with E-state index in [2.05, 4.69) is 16.5 Å². The second-order valence-corrected chi connectivity index (χ2v) is 4.55. The summed E-state index contributed by atoms with van der Waals surface area (Å²) in [6.45, 7) is 2.80. The summed E-state index contributed by atoms with van der Waals surface area (Å²) in [5, 5.41) is 16.8. The van der Waals surface area contributed by atoms with Gasteiger partial charge in [-0.3, -0.25) is 5.32 Å². The summed E-state index contributed by atoms with van der Waals surface area (Å²) >= 11 is 0. The minimum absolute atomic E-state index is 0.334. The number of nitrogens with one attached hydrogen (secondary N) is 1. The largest absolute Gasteiger partial charge is 0.481 e. The molecule has 5 nitrogen and oxygen atoms in total. The molecule has 1 aliphatic carbocycles. The van der Waals surface area contributed by atoms with Crippen molar-refractivity contribution in [3.05, 3.63) is 11.3 Å². The SMILES string of the molecule is COc1c(C(C#N)NCC2CC2)c(C)nn1C. The zero-order chi connectivity index (χ0) is 12.4. The smallest absolute Gasteiger partial charge is 0.217 e. The zero-order valence-corrected chi connectivity index (χ0v) is 10.5. The van der Waals surface area contributed by atoms with Crippen molar-refractivity contribution < 1.29 is 4.74 Å². The number of methoxy groups -OCH3 is 1. The summed E-state index contributed by atoms with van der Waals surface area (Å²) in [6.07, 6.45) is 2.54. The molecule has 17 heavy (non-hydrogen) atoms. The van der Waals surface area contributed by atoms with E-state index in [0.29, 0.717) is 5.88 Å². The first kappa shape index (κ1) is 11.9. The lowest BCUT2D eigenvalue weighted by atomic mass is 10.1. The summed E-state index contributed by atoms with van der Waals surface area (Å²) in [7, 11) is 3.43. The van der Waals surface area contributed by atoms with Crippen LogP contribution in [0.25, 0.3) is 0 Å². The van der Waals surface area contributed by atoms with Crippen LogP contribution in [0.5, 0.6) is 5.88 Å². The molecule has 0 bridgehead atoms. The number of aromatic nitrogens is 2. The van der Waals surface area contributed by atoms with Gasteiger partial charge in [0.15, 0.2) is 0 Å². The van der Waals surface area contributed by atoms with Crippen molar-refractivity contribution in [3.63, 3.8) is 0 Å². The van der Waals surface area contributed by atoms with Crippen molar-refractivity contribution in [2.75, 3.05) is 13.7 Å². The minimum atomic E-state index is -0.334. The Morgan fingerprint density at radius 1 is 1.65 bits per heavy atom. The standard InChI is InChI=1S/C12H18N4O/c1-8-11(12(17-3)16(2)15-8)10(6-13)14-7-9-4-5-9/h9-10,14H,4-5,7H2,1-3H3. The molecule has 0 radical (unpaired) electrons. The molecule has 92 valence electrons. The molecule has 5 heteroatoms. The maximum atomic E-state index is 9.26. The van der Waals surface area contributed by atoms with Gasteiger partial charge < -0.3 is 4.74 Å². The Labute approximate surface area is 101 Å². The Hall–Kier alpha value is -1.54. The lowest BCUT2D eigenvalue weighted by Gasteiger charge is -2.12. The van der Waals surface area contributed by atoms with E-state index < -0.39 is 0 Å². The normalized spacial score (nSPS) is 16.6. The molecule has 0 amide bonds. The second kappa shape index (κ2) is 4.76. The molecule has 0 aromatic carbocycles. The number of nitrogens with zero attached hydrogens (tertiary/aromatic N) is 3. The Morgan fingerprint density at radius 3 is 2.88 bits per heavy atom. The summed E-state index contributed by atoms with van der Waals surface area (Å²) in [5.74, 6) is 1.41. The fraction of sp³-hybridized carbons (Fsp3) is 0.667. The lowest BCUT2D eigenvalue weighted by molar-refractivity contribution is 0.366. The topological polar surface area (TPSA) is 62.9 Å². The number of nitriles is 1. The molecular weight excluding hydrogens is 216 g/mol. The van der Waals surface area contributed by atoms with Crippen molar-refractivity contribution in [2.24, 2.45) is 13.0 Å². The maximum absolute atomic E-state index is 9.26. The predicted octanol–water partition coefficient (Wildman–Crippen LogP) is 1.30. The predicted molar refractivity (Wildman–Crippen MR) is 63.6 cm³/mol. The number of rotatable bonds is 5. The summed E-state index contributed by atoms with van der Waals surface area (Å²) in [5.41, 5.74) is 1.71. The molecule has 0 saturated heterocycles. The van der Waals surface area contributed by atoms with Crippen molar-refractivity contribution in [1.29, 1.82) is 5.26 Å². The third-order valence-corrected chi connectivity index (χ3v) is 3.13. The molecule has 1 heterocycles. The van der Waals surface area contributed by atoms with E-state index in [1.165, 1.54) is 12.8 Å². The van der Waals surface area contributed by atoms with E-state index in [4.69, 9.17) is 4.74 Å². The average Bonchev–Trinajstić information content (AvgIpc) is 3.07. The van der Waals surface area contributed by atoms with Crippen LogP contribution in [0.3, 0.4) is 0 Å². The molecule has 1 unspecified atom stereocenters. The van der Waals surface area contributed by atoms with Crippen LogP contribution in [-0.4, -0.2) is 23.4 Å². The fourth-order valence-corrected chi connectivity index (χ4v) is 2.05. The van der Waals surface area contributed by atoms with Crippen LogP contribution in [0.15, 0.2) is 0 Å². The van der Waals surface area contributed by atoms with E-state index >= 15 is 0 Å². The first-order chi connectivity index (χ1) is 8.17. The molecule has 0 spiro atoms. The Bertz CT molecular complexity index is 442. The van der Waals surface area contributed by atoms with E-state index in [1.807, 2.05) is 14.0 Å². The highest BCUT2D eigenvalue weighted by Crippen LogP contribution is 2.31. The first-order valence-corrected chi connectivity index (χ1v) is 5.87. The van der Waals surface area contributed by atoms with Crippen LogP contribution in [0.2, 0.25) is 0 Å². The fourth-order valence-electron chi connectivity index (χ4n) is 2.05. The molecule has 2 rings (SSSR count). The molecule has 1 saturated carbocycles. The molecule has 1 aromatic heterocycles. The highest BCUT2D eigenvalue weighted by Gasteiger charge is 2.26. The lowest BCUT2D eigenvalue weighted by Crippen LogP contribution is -2.23. The summed E-state index contributed by atoms with van der Waals surface area (Å²) in [6, 6.07) is 1.95. The first-order valence-electron chi connectivity index (χ1n) is 5.87. The Balaban J connectivity index is 2.19. The van der Waals surface area contributed by atoms with Gasteiger partial charge in [-0.2, -0.15) is 10.4 Å². The van der Waals surface area contributed by atoms with E-state index in [-0.39, 0.29) is 6.04 Å². The van der Waals surface area contributed by atoms with E-state index in [0.717, 1.165) is 23.7 Å².